The van der Waals surface area contributed by atoms with Crippen molar-refractivity contribution in [1.29, 1.82) is 0 Å². The van der Waals surface area contributed by atoms with Crippen molar-refractivity contribution in [1.82, 2.24) is 14.8 Å². The van der Waals surface area contributed by atoms with Gasteiger partial charge in [0.15, 0.2) is 0 Å². The summed E-state index contributed by atoms with van der Waals surface area (Å²) in [4.78, 5) is 22.9. The van der Waals surface area contributed by atoms with Gasteiger partial charge in [-0.2, -0.15) is 0 Å². The molecular formula is C20H29N5O. The fraction of sp³-hybridized carbons (Fsp3) is 0.400. The lowest BCUT2D eigenvalue weighted by atomic mass is 10.1. The highest BCUT2D eigenvalue weighted by atomic mass is 16.2. The number of likely N-dealkylation sites (N-methyl/N-ethyl adjacent to an activating group) is 1. The maximum absolute atomic E-state index is 12.7. The summed E-state index contributed by atoms with van der Waals surface area (Å²) in [7, 11) is 7.90. The number of carbonyl (C=O) groups excluding carboxylic acids is 1. The topological polar surface area (TPSA) is 51.7 Å². The van der Waals surface area contributed by atoms with E-state index in [0.717, 1.165) is 18.8 Å². The van der Waals surface area contributed by atoms with Crippen molar-refractivity contribution in [2.75, 3.05) is 58.0 Å². The van der Waals surface area contributed by atoms with Gasteiger partial charge in [-0.3, -0.25) is 0 Å². The van der Waals surface area contributed by atoms with Crippen LogP contribution in [0.25, 0.3) is 0 Å². The van der Waals surface area contributed by atoms with Gasteiger partial charge in [0.25, 0.3) is 0 Å². The molecule has 1 aromatic carbocycles. The molecule has 0 bridgehead atoms. The summed E-state index contributed by atoms with van der Waals surface area (Å²) in [5.74, 6) is 0.858. The lowest BCUT2D eigenvalue weighted by molar-refractivity contribution is 0.205. The van der Waals surface area contributed by atoms with E-state index in [9.17, 15) is 4.79 Å². The molecule has 0 saturated carbocycles. The van der Waals surface area contributed by atoms with Crippen LogP contribution in [0.3, 0.4) is 0 Å². The molecule has 0 saturated heterocycles. The van der Waals surface area contributed by atoms with Crippen molar-refractivity contribution >= 4 is 17.5 Å². The number of rotatable bonds is 8. The lowest BCUT2D eigenvalue weighted by Crippen LogP contribution is -2.40. The highest BCUT2D eigenvalue weighted by Crippen LogP contribution is 2.12. The van der Waals surface area contributed by atoms with E-state index in [1.807, 2.05) is 68.3 Å². The predicted molar refractivity (Wildman–Crippen MR) is 108 cm³/mol. The molecule has 0 unspecified atom stereocenters. The summed E-state index contributed by atoms with van der Waals surface area (Å²) in [6.07, 6.45) is 2.52. The average Bonchev–Trinajstić information content (AvgIpc) is 2.62. The second kappa shape index (κ2) is 9.77. The Labute approximate surface area is 156 Å². The minimum atomic E-state index is -0.0952. The zero-order valence-electron chi connectivity index (χ0n) is 16.1. The fourth-order valence-electron chi connectivity index (χ4n) is 2.47. The van der Waals surface area contributed by atoms with Gasteiger partial charge in [-0.1, -0.05) is 30.3 Å². The molecule has 2 rings (SSSR count). The van der Waals surface area contributed by atoms with Crippen LogP contribution in [0.4, 0.5) is 16.3 Å². The molecular weight excluding hydrogens is 326 g/mol. The molecule has 0 atom stereocenters. The molecule has 0 aliphatic heterocycles. The van der Waals surface area contributed by atoms with Gasteiger partial charge in [-0.15, -0.1) is 0 Å². The SMILES string of the molecule is CN(C)CCN(CCc1ccccc1)C(=O)Nc1ccc(N(C)C)nc1. The highest BCUT2D eigenvalue weighted by Gasteiger charge is 2.14. The number of nitrogens with one attached hydrogen (secondary N) is 1. The molecule has 0 radical (unpaired) electrons. The van der Waals surface area contributed by atoms with E-state index in [-0.39, 0.29) is 6.03 Å². The number of hydrogen-bond acceptors (Lipinski definition) is 4. The van der Waals surface area contributed by atoms with Crippen LogP contribution in [0, 0.1) is 0 Å². The Balaban J connectivity index is 1.99. The fourth-order valence-corrected chi connectivity index (χ4v) is 2.47. The third kappa shape index (κ3) is 6.37. The monoisotopic (exact) mass is 355 g/mol. The Hall–Kier alpha value is -2.60. The first-order chi connectivity index (χ1) is 12.5. The number of benzene rings is 1. The molecule has 6 heteroatoms. The van der Waals surface area contributed by atoms with Gasteiger partial charge in [-0.25, -0.2) is 9.78 Å². The average molecular weight is 355 g/mol. The van der Waals surface area contributed by atoms with Gasteiger partial charge in [0.05, 0.1) is 11.9 Å². The second-order valence-corrected chi connectivity index (χ2v) is 6.76. The molecule has 0 aliphatic carbocycles. The van der Waals surface area contributed by atoms with E-state index >= 15 is 0 Å². The first kappa shape index (κ1) is 19.7. The van der Waals surface area contributed by atoms with Crippen molar-refractivity contribution < 1.29 is 4.79 Å². The third-order valence-electron chi connectivity index (χ3n) is 4.07. The van der Waals surface area contributed by atoms with E-state index in [1.54, 1.807) is 6.20 Å². The summed E-state index contributed by atoms with van der Waals surface area (Å²) in [5, 5.41) is 2.96. The number of anilines is 2. The van der Waals surface area contributed by atoms with Crippen molar-refractivity contribution in [2.45, 2.75) is 6.42 Å². The molecule has 0 spiro atoms. The third-order valence-corrected chi connectivity index (χ3v) is 4.07. The molecule has 2 aromatic rings. The summed E-state index contributed by atoms with van der Waals surface area (Å²) in [6, 6.07) is 13.9. The molecule has 1 N–H and O–H groups in total. The predicted octanol–water partition coefficient (Wildman–Crippen LogP) is 2.79. The summed E-state index contributed by atoms with van der Waals surface area (Å²) in [6.45, 7) is 2.17. The summed E-state index contributed by atoms with van der Waals surface area (Å²) in [5.41, 5.74) is 1.93. The number of nitrogens with zero attached hydrogens (tertiary/aromatic N) is 4. The minimum Gasteiger partial charge on any atom is -0.363 e. The zero-order valence-corrected chi connectivity index (χ0v) is 16.1. The lowest BCUT2D eigenvalue weighted by Gasteiger charge is -2.25. The van der Waals surface area contributed by atoms with Crippen LogP contribution < -0.4 is 10.2 Å². The Kier molecular flexibility index (Phi) is 7.41. The standard InChI is InChI=1S/C20H29N5O/c1-23(2)14-15-25(13-12-17-8-6-5-7-9-17)20(26)22-18-10-11-19(21-16-18)24(3)4/h5-11,16H,12-15H2,1-4H3,(H,22,26). The van der Waals surface area contributed by atoms with Crippen LogP contribution in [0.2, 0.25) is 0 Å². The second-order valence-electron chi connectivity index (χ2n) is 6.76. The zero-order chi connectivity index (χ0) is 18.9. The maximum Gasteiger partial charge on any atom is 0.321 e. The summed E-state index contributed by atoms with van der Waals surface area (Å²) < 4.78 is 0. The van der Waals surface area contributed by atoms with Crippen LogP contribution >= 0.6 is 0 Å². The van der Waals surface area contributed by atoms with E-state index in [4.69, 9.17) is 0 Å². The van der Waals surface area contributed by atoms with Crippen LogP contribution in [0.1, 0.15) is 5.56 Å². The molecule has 1 heterocycles. The largest absolute Gasteiger partial charge is 0.363 e. The number of carbonyl (C=O) groups is 1. The Bertz CT molecular complexity index is 670. The van der Waals surface area contributed by atoms with Crippen molar-refractivity contribution in [3.05, 3.63) is 54.2 Å². The molecule has 2 amide bonds. The Morgan fingerprint density at radius 3 is 2.27 bits per heavy atom. The van der Waals surface area contributed by atoms with Crippen molar-refractivity contribution in [3.8, 4) is 0 Å². The number of aromatic nitrogens is 1. The van der Waals surface area contributed by atoms with Crippen LogP contribution in [-0.4, -0.2) is 68.6 Å². The normalized spacial score (nSPS) is 10.7. The van der Waals surface area contributed by atoms with Gasteiger partial charge >= 0.3 is 6.03 Å². The number of pyridine rings is 1. The molecule has 0 aliphatic rings. The minimum absolute atomic E-state index is 0.0952. The number of hydrogen-bond donors (Lipinski definition) is 1. The summed E-state index contributed by atoms with van der Waals surface area (Å²) >= 11 is 0. The van der Waals surface area contributed by atoms with E-state index in [1.165, 1.54) is 5.56 Å². The Morgan fingerprint density at radius 1 is 0.962 bits per heavy atom. The van der Waals surface area contributed by atoms with Crippen LogP contribution in [0.15, 0.2) is 48.7 Å². The quantitative estimate of drug-likeness (QED) is 0.791. The molecule has 26 heavy (non-hydrogen) atoms. The van der Waals surface area contributed by atoms with Crippen LogP contribution in [-0.2, 0) is 6.42 Å². The van der Waals surface area contributed by atoms with Crippen molar-refractivity contribution in [3.63, 3.8) is 0 Å². The first-order valence-electron chi connectivity index (χ1n) is 8.83. The smallest absolute Gasteiger partial charge is 0.321 e. The van der Waals surface area contributed by atoms with E-state index in [2.05, 4.69) is 27.3 Å². The van der Waals surface area contributed by atoms with E-state index in [0.29, 0.717) is 18.8 Å². The van der Waals surface area contributed by atoms with Gasteiger partial charge in [0.2, 0.25) is 0 Å². The van der Waals surface area contributed by atoms with E-state index < -0.39 is 0 Å². The highest BCUT2D eigenvalue weighted by molar-refractivity contribution is 5.89. The molecule has 1 aromatic heterocycles. The van der Waals surface area contributed by atoms with Gasteiger partial charge in [-0.05, 0) is 38.2 Å². The first-order valence-corrected chi connectivity index (χ1v) is 8.83. The maximum atomic E-state index is 12.7. The number of urea groups is 1. The van der Waals surface area contributed by atoms with Gasteiger partial charge < -0.3 is 20.0 Å². The van der Waals surface area contributed by atoms with Gasteiger partial charge in [0, 0.05) is 33.7 Å². The number of amides is 2. The molecule has 0 fully saturated rings. The molecule has 140 valence electrons. The Morgan fingerprint density at radius 2 is 1.69 bits per heavy atom. The van der Waals surface area contributed by atoms with Crippen LogP contribution in [0.5, 0.6) is 0 Å². The molecule has 6 nitrogen and oxygen atoms in total. The van der Waals surface area contributed by atoms with Crippen molar-refractivity contribution in [2.24, 2.45) is 0 Å². The van der Waals surface area contributed by atoms with Gasteiger partial charge in [0.1, 0.15) is 5.82 Å².